The molecule has 1 aliphatic heterocycles. The van der Waals surface area contributed by atoms with Crippen LogP contribution in [0.15, 0.2) is 67.0 Å². The number of rotatable bonds is 6. The van der Waals surface area contributed by atoms with Gasteiger partial charge in [-0.3, -0.25) is 0 Å². The molecule has 2 aromatic carbocycles. The summed E-state index contributed by atoms with van der Waals surface area (Å²) >= 11 is 0. The van der Waals surface area contributed by atoms with E-state index in [4.69, 9.17) is 21.3 Å². The van der Waals surface area contributed by atoms with Crippen LogP contribution in [0.25, 0.3) is 11.2 Å². The molecular weight excluding hydrogens is 501 g/mol. The van der Waals surface area contributed by atoms with Gasteiger partial charge in [-0.1, -0.05) is 87.4 Å². The Bertz CT molecular complexity index is 1450. The van der Waals surface area contributed by atoms with Crippen molar-refractivity contribution in [1.29, 1.82) is 0 Å². The van der Waals surface area contributed by atoms with E-state index in [1.54, 1.807) is 0 Å². The van der Waals surface area contributed by atoms with Crippen LogP contribution >= 0.6 is 0 Å². The van der Waals surface area contributed by atoms with Gasteiger partial charge in [-0.15, -0.1) is 6.42 Å². The Morgan fingerprint density at radius 2 is 1.76 bits per heavy atom. The maximum absolute atomic E-state index is 14.0. The van der Waals surface area contributed by atoms with Gasteiger partial charge in [0.1, 0.15) is 11.6 Å². The Kier molecular flexibility index (Phi) is 6.57. The van der Waals surface area contributed by atoms with E-state index in [0.717, 1.165) is 10.4 Å². The molecule has 0 bridgehead atoms. The Morgan fingerprint density at radius 1 is 1.16 bits per heavy atom. The van der Waals surface area contributed by atoms with E-state index in [9.17, 15) is 9.50 Å². The van der Waals surface area contributed by atoms with Gasteiger partial charge in [0.15, 0.2) is 17.1 Å². The number of benzene rings is 2. The van der Waals surface area contributed by atoms with Crippen molar-refractivity contribution in [3.63, 3.8) is 0 Å². The number of aliphatic hydroxyl groups excluding tert-OH is 1. The predicted octanol–water partition coefficient (Wildman–Crippen LogP) is 2.43. The highest BCUT2D eigenvalue weighted by Gasteiger charge is 2.55. The Labute approximate surface area is 221 Å². The second kappa shape index (κ2) is 9.60. The Morgan fingerprint density at radius 3 is 2.32 bits per heavy atom. The normalized spacial score (nSPS) is 22.0. The lowest BCUT2D eigenvalue weighted by molar-refractivity contribution is -0.0453. The summed E-state index contributed by atoms with van der Waals surface area (Å²) in [6.45, 7) is 6.48. The highest BCUT2D eigenvalue weighted by molar-refractivity contribution is 6.99. The lowest BCUT2D eigenvalue weighted by Gasteiger charge is -2.44. The van der Waals surface area contributed by atoms with Gasteiger partial charge in [-0.2, -0.15) is 14.4 Å². The van der Waals surface area contributed by atoms with Gasteiger partial charge in [0, 0.05) is 0 Å². The molecule has 3 N–H and O–H groups in total. The molecule has 1 saturated heterocycles. The van der Waals surface area contributed by atoms with Gasteiger partial charge >= 0.3 is 6.08 Å². The largest absolute Gasteiger partial charge is 0.403 e. The number of ether oxygens (including phenoxy) is 1. The number of terminal acetylenes is 1. The minimum atomic E-state index is -2.95. The van der Waals surface area contributed by atoms with Crippen LogP contribution in [0.2, 0.25) is 5.04 Å². The standard InChI is InChI=1S/C28H30FN5O3Si/c1-5-28(23(35)21(16-36-28)34-18-31-22-24(30)32-26(29)33-25(22)34)17-37-38(27(2,3)4,19-12-8-6-9-13-19)20-14-10-7-11-15-20/h1,6-15,18,21,23,35H,16-17H2,2-4H3,(H2,30,32,33)/t21-,23+,28-/m1/s1. The van der Waals surface area contributed by atoms with Gasteiger partial charge in [-0.25, -0.2) is 4.98 Å². The lowest BCUT2D eigenvalue weighted by Crippen LogP contribution is -2.68. The number of hydrogen-bond donors (Lipinski definition) is 2. The topological polar surface area (TPSA) is 108 Å². The molecule has 0 amide bonds. The molecule has 0 saturated carbocycles. The van der Waals surface area contributed by atoms with E-state index in [-0.39, 0.29) is 35.2 Å². The molecule has 0 aliphatic carbocycles. The summed E-state index contributed by atoms with van der Waals surface area (Å²) < 4.78 is 28.6. The molecule has 1 aliphatic rings. The van der Waals surface area contributed by atoms with Crippen LogP contribution in [0.4, 0.5) is 10.2 Å². The molecule has 4 aromatic rings. The average Bonchev–Trinajstić information content (AvgIpc) is 3.46. The third kappa shape index (κ3) is 4.08. The Hall–Kier alpha value is -3.62. The minimum Gasteiger partial charge on any atom is -0.403 e. The second-order valence-electron chi connectivity index (χ2n) is 10.5. The van der Waals surface area contributed by atoms with Gasteiger partial charge < -0.3 is 24.6 Å². The Balaban J connectivity index is 1.54. The van der Waals surface area contributed by atoms with Crippen molar-refractivity contribution < 1.29 is 18.7 Å². The first-order valence-corrected chi connectivity index (χ1v) is 14.2. The van der Waals surface area contributed by atoms with Gasteiger partial charge in [0.2, 0.25) is 0 Å². The third-order valence-corrected chi connectivity index (χ3v) is 12.3. The summed E-state index contributed by atoms with van der Waals surface area (Å²) in [4.78, 5) is 11.6. The van der Waals surface area contributed by atoms with E-state index in [2.05, 4.69) is 65.9 Å². The molecule has 8 nitrogen and oxygen atoms in total. The number of anilines is 1. The SMILES string of the molecule is C#C[C@]1(CO[Si](c2ccccc2)(c2ccccc2)C(C)(C)C)OC[C@@H](n2cnc3c(N)nc(F)nc32)[C@@H]1O. The van der Waals surface area contributed by atoms with Crippen molar-refractivity contribution in [3.05, 3.63) is 73.1 Å². The van der Waals surface area contributed by atoms with Gasteiger partial charge in [0.05, 0.1) is 25.6 Å². The van der Waals surface area contributed by atoms with Crippen LogP contribution < -0.4 is 16.1 Å². The maximum atomic E-state index is 14.0. The van der Waals surface area contributed by atoms with Crippen LogP contribution in [-0.4, -0.2) is 57.9 Å². The number of nitrogens with two attached hydrogens (primary N) is 1. The molecule has 2 aromatic heterocycles. The molecule has 196 valence electrons. The zero-order valence-electron chi connectivity index (χ0n) is 21.5. The second-order valence-corrected chi connectivity index (χ2v) is 14.8. The number of nitrogen functional groups attached to an aromatic ring is 1. The van der Waals surface area contributed by atoms with Crippen molar-refractivity contribution in [3.8, 4) is 12.3 Å². The molecular formula is C28H30FN5O3Si. The highest BCUT2D eigenvalue weighted by atomic mass is 28.4. The van der Waals surface area contributed by atoms with E-state index in [0.29, 0.717) is 0 Å². The van der Waals surface area contributed by atoms with Gasteiger partial charge in [-0.05, 0) is 15.4 Å². The first-order valence-electron chi connectivity index (χ1n) is 12.3. The van der Waals surface area contributed by atoms with Crippen molar-refractivity contribution in [2.45, 2.75) is 43.6 Å². The number of aromatic nitrogens is 4. The molecule has 10 heteroatoms. The fourth-order valence-corrected chi connectivity index (χ4v) is 9.97. The van der Waals surface area contributed by atoms with Crippen LogP contribution in [-0.2, 0) is 9.16 Å². The first kappa shape index (κ1) is 26.0. The van der Waals surface area contributed by atoms with Crippen LogP contribution in [0.1, 0.15) is 26.8 Å². The number of halogens is 1. The summed E-state index contributed by atoms with van der Waals surface area (Å²) in [5.74, 6) is 2.59. The molecule has 1 fully saturated rings. The predicted molar refractivity (Wildman–Crippen MR) is 146 cm³/mol. The van der Waals surface area contributed by atoms with Crippen LogP contribution in [0.3, 0.4) is 0 Å². The van der Waals surface area contributed by atoms with Crippen molar-refractivity contribution >= 4 is 35.7 Å². The van der Waals surface area contributed by atoms with Crippen LogP contribution in [0, 0.1) is 18.4 Å². The van der Waals surface area contributed by atoms with E-state index in [1.807, 2.05) is 36.4 Å². The van der Waals surface area contributed by atoms with Gasteiger partial charge in [0.25, 0.3) is 8.32 Å². The summed E-state index contributed by atoms with van der Waals surface area (Å²) in [6, 6.07) is 19.6. The fraction of sp³-hybridized carbons (Fsp3) is 0.321. The molecule has 0 radical (unpaired) electrons. The molecule has 3 heterocycles. The van der Waals surface area contributed by atoms with E-state index < -0.39 is 32.1 Å². The number of nitrogens with zero attached hydrogens (tertiary/aromatic N) is 4. The molecule has 38 heavy (non-hydrogen) atoms. The molecule has 5 rings (SSSR count). The average molecular weight is 532 g/mol. The summed E-state index contributed by atoms with van der Waals surface area (Å²) in [7, 11) is -2.95. The monoisotopic (exact) mass is 531 g/mol. The van der Waals surface area contributed by atoms with E-state index >= 15 is 0 Å². The molecule has 0 spiro atoms. The minimum absolute atomic E-state index is 0.0481. The summed E-state index contributed by atoms with van der Waals surface area (Å²) in [6.07, 6.45) is 5.28. The summed E-state index contributed by atoms with van der Waals surface area (Å²) in [5, 5.41) is 13.4. The number of imidazole rings is 1. The highest BCUT2D eigenvalue weighted by Crippen LogP contribution is 2.40. The zero-order chi connectivity index (χ0) is 27.1. The zero-order valence-corrected chi connectivity index (χ0v) is 22.5. The third-order valence-electron chi connectivity index (χ3n) is 7.30. The lowest BCUT2D eigenvalue weighted by atomic mass is 9.96. The van der Waals surface area contributed by atoms with Crippen molar-refractivity contribution in [1.82, 2.24) is 19.5 Å². The smallest absolute Gasteiger partial charge is 0.312 e. The maximum Gasteiger partial charge on any atom is 0.312 e. The van der Waals surface area contributed by atoms with E-state index in [1.165, 1.54) is 10.9 Å². The first-order chi connectivity index (χ1) is 18.1. The number of fused-ring (bicyclic) bond motifs is 1. The van der Waals surface area contributed by atoms with Crippen LogP contribution in [0.5, 0.6) is 0 Å². The quantitative estimate of drug-likeness (QED) is 0.224. The number of aliphatic hydroxyl groups is 1. The fourth-order valence-electron chi connectivity index (χ4n) is 5.38. The van der Waals surface area contributed by atoms with Crippen molar-refractivity contribution in [2.24, 2.45) is 0 Å². The summed E-state index contributed by atoms with van der Waals surface area (Å²) in [5.41, 5.74) is 4.76. The molecule has 0 unspecified atom stereocenters. The van der Waals surface area contributed by atoms with Crippen molar-refractivity contribution in [2.75, 3.05) is 18.9 Å². The molecule has 3 atom stereocenters. The number of hydrogen-bond acceptors (Lipinski definition) is 7.